The van der Waals surface area contributed by atoms with Crippen LogP contribution in [0.25, 0.3) is 0 Å². The molecule has 0 N–H and O–H groups in total. The molecule has 0 saturated heterocycles. The van der Waals surface area contributed by atoms with Gasteiger partial charge in [0, 0.05) is 19.6 Å². The van der Waals surface area contributed by atoms with Crippen molar-refractivity contribution in [2.24, 2.45) is 17.3 Å². The first-order valence-electron chi connectivity index (χ1n) is 8.29. The molecular weight excluding hydrogens is 242 g/mol. The van der Waals surface area contributed by atoms with Gasteiger partial charge >= 0.3 is 0 Å². The van der Waals surface area contributed by atoms with Crippen molar-refractivity contribution in [3.05, 3.63) is 35.4 Å². The summed E-state index contributed by atoms with van der Waals surface area (Å²) < 4.78 is 0. The van der Waals surface area contributed by atoms with Crippen LogP contribution in [0.5, 0.6) is 0 Å². The summed E-state index contributed by atoms with van der Waals surface area (Å²) in [5, 5.41) is 0. The smallest absolute Gasteiger partial charge is 0.00303 e. The van der Waals surface area contributed by atoms with Crippen molar-refractivity contribution in [2.45, 2.75) is 46.5 Å². The molecule has 20 heavy (non-hydrogen) atoms. The average Bonchev–Trinajstić information content (AvgIpc) is 3.05. The minimum Gasteiger partial charge on any atom is -0.302 e. The van der Waals surface area contributed by atoms with Gasteiger partial charge in [-0.25, -0.2) is 0 Å². The Hall–Kier alpha value is -0.820. The molecule has 0 aliphatic heterocycles. The molecule has 0 aromatic heterocycles. The van der Waals surface area contributed by atoms with Gasteiger partial charge in [-0.3, -0.25) is 0 Å². The maximum atomic E-state index is 2.76. The molecule has 0 heterocycles. The van der Waals surface area contributed by atoms with Gasteiger partial charge in [0.05, 0.1) is 0 Å². The van der Waals surface area contributed by atoms with Crippen molar-refractivity contribution in [1.29, 1.82) is 0 Å². The van der Waals surface area contributed by atoms with Gasteiger partial charge in [0.15, 0.2) is 0 Å². The SMILES string of the molecule is CC(C)(C)CN(CC1CC1)CC1Cc2ccccc2C1. The van der Waals surface area contributed by atoms with Crippen molar-refractivity contribution < 1.29 is 0 Å². The fraction of sp³-hybridized carbons (Fsp3) is 0.684. The minimum absolute atomic E-state index is 0.417. The summed E-state index contributed by atoms with van der Waals surface area (Å²) in [5.41, 5.74) is 3.61. The lowest BCUT2D eigenvalue weighted by Crippen LogP contribution is -2.38. The molecule has 1 heteroatoms. The number of rotatable bonds is 5. The van der Waals surface area contributed by atoms with E-state index in [0.717, 1.165) is 11.8 Å². The first-order valence-corrected chi connectivity index (χ1v) is 8.29. The predicted octanol–water partition coefficient (Wildman–Crippen LogP) is 4.16. The van der Waals surface area contributed by atoms with Crippen molar-refractivity contribution in [2.75, 3.05) is 19.6 Å². The van der Waals surface area contributed by atoms with E-state index in [0.29, 0.717) is 5.41 Å². The van der Waals surface area contributed by atoms with Crippen LogP contribution in [0.1, 0.15) is 44.7 Å². The Morgan fingerprint density at radius 3 is 2.00 bits per heavy atom. The second-order valence-corrected chi connectivity index (χ2v) is 8.24. The topological polar surface area (TPSA) is 3.24 Å². The molecule has 1 nitrogen and oxygen atoms in total. The van der Waals surface area contributed by atoms with Crippen LogP contribution in [0.4, 0.5) is 0 Å². The number of hydrogen-bond acceptors (Lipinski definition) is 1. The Kier molecular flexibility index (Phi) is 3.90. The van der Waals surface area contributed by atoms with E-state index in [1.165, 1.54) is 45.3 Å². The third-order valence-corrected chi connectivity index (χ3v) is 4.56. The highest BCUT2D eigenvalue weighted by atomic mass is 15.1. The predicted molar refractivity (Wildman–Crippen MR) is 86.0 cm³/mol. The van der Waals surface area contributed by atoms with E-state index < -0.39 is 0 Å². The Balaban J connectivity index is 1.59. The van der Waals surface area contributed by atoms with E-state index in [9.17, 15) is 0 Å². The molecule has 0 bridgehead atoms. The van der Waals surface area contributed by atoms with Gasteiger partial charge in [0.1, 0.15) is 0 Å². The molecule has 1 aromatic carbocycles. The van der Waals surface area contributed by atoms with E-state index in [2.05, 4.69) is 49.9 Å². The molecule has 0 amide bonds. The van der Waals surface area contributed by atoms with Crippen molar-refractivity contribution in [1.82, 2.24) is 4.90 Å². The largest absolute Gasteiger partial charge is 0.302 e. The molecule has 0 unspecified atom stereocenters. The fourth-order valence-electron chi connectivity index (χ4n) is 3.68. The Morgan fingerprint density at radius 1 is 0.950 bits per heavy atom. The molecule has 110 valence electrons. The monoisotopic (exact) mass is 271 g/mol. The van der Waals surface area contributed by atoms with Gasteiger partial charge in [0.2, 0.25) is 0 Å². The van der Waals surface area contributed by atoms with Crippen LogP contribution in [-0.4, -0.2) is 24.5 Å². The highest BCUT2D eigenvalue weighted by Crippen LogP contribution is 2.33. The van der Waals surface area contributed by atoms with Gasteiger partial charge in [-0.05, 0) is 54.1 Å². The Morgan fingerprint density at radius 2 is 1.50 bits per heavy atom. The van der Waals surface area contributed by atoms with Gasteiger partial charge in [-0.15, -0.1) is 0 Å². The van der Waals surface area contributed by atoms with Crippen LogP contribution in [0, 0.1) is 17.3 Å². The number of hydrogen-bond donors (Lipinski definition) is 0. The van der Waals surface area contributed by atoms with E-state index in [-0.39, 0.29) is 0 Å². The molecule has 0 spiro atoms. The highest BCUT2D eigenvalue weighted by Gasteiger charge is 2.29. The first-order chi connectivity index (χ1) is 9.49. The third kappa shape index (κ3) is 3.85. The zero-order valence-electron chi connectivity index (χ0n) is 13.4. The van der Waals surface area contributed by atoms with E-state index in [1.807, 2.05) is 0 Å². The van der Waals surface area contributed by atoms with Gasteiger partial charge in [-0.2, -0.15) is 0 Å². The lowest BCUT2D eigenvalue weighted by Gasteiger charge is -2.32. The maximum Gasteiger partial charge on any atom is 0.00303 e. The van der Waals surface area contributed by atoms with Crippen LogP contribution >= 0.6 is 0 Å². The van der Waals surface area contributed by atoms with Crippen molar-refractivity contribution in [3.63, 3.8) is 0 Å². The van der Waals surface area contributed by atoms with Crippen LogP contribution in [0.15, 0.2) is 24.3 Å². The summed E-state index contributed by atoms with van der Waals surface area (Å²) in [6, 6.07) is 9.03. The summed E-state index contributed by atoms with van der Waals surface area (Å²) in [5.74, 6) is 1.84. The second-order valence-electron chi connectivity index (χ2n) is 8.24. The normalized spacial score (nSPS) is 19.6. The quantitative estimate of drug-likeness (QED) is 0.777. The zero-order valence-corrected chi connectivity index (χ0v) is 13.4. The summed E-state index contributed by atoms with van der Waals surface area (Å²) in [6.07, 6.45) is 5.51. The molecule has 2 aliphatic carbocycles. The van der Waals surface area contributed by atoms with Gasteiger partial charge in [-0.1, -0.05) is 45.0 Å². The maximum absolute atomic E-state index is 2.76. The Bertz CT molecular complexity index is 428. The van der Waals surface area contributed by atoms with Crippen molar-refractivity contribution in [3.8, 4) is 0 Å². The molecule has 1 aromatic rings. The molecular formula is C19H29N. The van der Waals surface area contributed by atoms with Gasteiger partial charge in [0.25, 0.3) is 0 Å². The second kappa shape index (κ2) is 5.52. The summed E-state index contributed by atoms with van der Waals surface area (Å²) in [7, 11) is 0. The lowest BCUT2D eigenvalue weighted by atomic mass is 9.95. The average molecular weight is 271 g/mol. The van der Waals surface area contributed by atoms with E-state index in [1.54, 1.807) is 11.1 Å². The lowest BCUT2D eigenvalue weighted by molar-refractivity contribution is 0.162. The highest BCUT2D eigenvalue weighted by molar-refractivity contribution is 5.32. The zero-order chi connectivity index (χ0) is 14.2. The molecule has 3 rings (SSSR count). The summed E-state index contributed by atoms with van der Waals surface area (Å²) in [6.45, 7) is 11.0. The number of benzene rings is 1. The molecule has 0 atom stereocenters. The van der Waals surface area contributed by atoms with Crippen LogP contribution in [-0.2, 0) is 12.8 Å². The number of fused-ring (bicyclic) bond motifs is 1. The van der Waals surface area contributed by atoms with Crippen LogP contribution in [0.2, 0.25) is 0 Å². The van der Waals surface area contributed by atoms with Gasteiger partial charge < -0.3 is 4.90 Å². The van der Waals surface area contributed by atoms with E-state index in [4.69, 9.17) is 0 Å². The third-order valence-electron chi connectivity index (χ3n) is 4.56. The molecule has 2 aliphatic rings. The summed E-state index contributed by atoms with van der Waals surface area (Å²) >= 11 is 0. The van der Waals surface area contributed by atoms with Crippen LogP contribution < -0.4 is 0 Å². The van der Waals surface area contributed by atoms with Crippen molar-refractivity contribution >= 4 is 0 Å². The molecule has 1 saturated carbocycles. The Labute approximate surface area is 124 Å². The molecule has 0 radical (unpaired) electrons. The first kappa shape index (κ1) is 14.1. The van der Waals surface area contributed by atoms with E-state index >= 15 is 0 Å². The minimum atomic E-state index is 0.417. The number of nitrogens with zero attached hydrogens (tertiary/aromatic N) is 1. The summed E-state index contributed by atoms with van der Waals surface area (Å²) in [4.78, 5) is 2.76. The molecule has 1 fully saturated rings. The van der Waals surface area contributed by atoms with Crippen LogP contribution in [0.3, 0.4) is 0 Å². The fourth-order valence-corrected chi connectivity index (χ4v) is 3.68. The standard InChI is InChI=1S/C19H29N/c1-19(2,3)14-20(12-15-8-9-15)13-16-10-17-6-4-5-7-18(17)11-16/h4-7,15-16H,8-14H2,1-3H3.